The molecule has 0 aliphatic rings. The molecule has 6 heteroatoms. The van der Waals surface area contributed by atoms with E-state index in [4.69, 9.17) is 16.9 Å². The minimum Gasteiger partial charge on any atom is -0.347 e. The van der Waals surface area contributed by atoms with E-state index < -0.39 is 0 Å². The summed E-state index contributed by atoms with van der Waals surface area (Å²) in [6.07, 6.45) is 0. The van der Waals surface area contributed by atoms with Crippen molar-refractivity contribution in [3.05, 3.63) is 29.6 Å². The fourth-order valence-electron chi connectivity index (χ4n) is 1.80. The lowest BCUT2D eigenvalue weighted by molar-refractivity contribution is -0.129. The molecule has 0 bridgehead atoms. The molecule has 1 aromatic carbocycles. The van der Waals surface area contributed by atoms with Gasteiger partial charge in [-0.1, -0.05) is 0 Å². The summed E-state index contributed by atoms with van der Waals surface area (Å²) in [6.45, 7) is 0.167. The highest BCUT2D eigenvalue weighted by Gasteiger charge is 2.14. The zero-order valence-corrected chi connectivity index (χ0v) is 11.5. The van der Waals surface area contributed by atoms with Gasteiger partial charge in [0, 0.05) is 14.1 Å². The molecule has 5 nitrogen and oxygen atoms in total. The number of halogens is 1. The summed E-state index contributed by atoms with van der Waals surface area (Å²) in [5.74, 6) is 0.798. The second kappa shape index (κ2) is 5.29. The lowest BCUT2D eigenvalue weighted by Crippen LogP contribution is -2.26. The fourth-order valence-corrected chi connectivity index (χ4v) is 2.00. The maximum absolute atomic E-state index is 11.8. The Bertz CT molecular complexity index is 669. The molecule has 19 heavy (non-hydrogen) atoms. The molecule has 2 aromatic rings. The number of fused-ring (bicyclic) bond motifs is 1. The highest BCUT2D eigenvalue weighted by atomic mass is 35.5. The Morgan fingerprint density at radius 3 is 2.84 bits per heavy atom. The van der Waals surface area contributed by atoms with E-state index in [1.54, 1.807) is 36.9 Å². The Hall–Kier alpha value is -2.06. The summed E-state index contributed by atoms with van der Waals surface area (Å²) >= 11 is 5.87. The number of benzene rings is 1. The first-order valence-electron chi connectivity index (χ1n) is 5.72. The predicted molar refractivity (Wildman–Crippen MR) is 72.7 cm³/mol. The highest BCUT2D eigenvalue weighted by molar-refractivity contribution is 6.16. The number of nitriles is 1. The van der Waals surface area contributed by atoms with Gasteiger partial charge in [0.1, 0.15) is 12.4 Å². The van der Waals surface area contributed by atoms with Gasteiger partial charge in [-0.3, -0.25) is 4.79 Å². The first kappa shape index (κ1) is 13.4. The molecule has 0 atom stereocenters. The number of amides is 1. The Labute approximate surface area is 116 Å². The molecular weight excluding hydrogens is 264 g/mol. The number of rotatable bonds is 3. The van der Waals surface area contributed by atoms with E-state index in [-0.39, 0.29) is 18.3 Å². The normalized spacial score (nSPS) is 10.4. The average molecular weight is 277 g/mol. The summed E-state index contributed by atoms with van der Waals surface area (Å²) in [5, 5.41) is 8.94. The van der Waals surface area contributed by atoms with Crippen molar-refractivity contribution in [3.8, 4) is 6.07 Å². The minimum atomic E-state index is -0.0481. The second-order valence-electron chi connectivity index (χ2n) is 4.35. The SMILES string of the molecule is CN(C)C(=O)Cn1c(CCl)nc2ccc(C#N)cc21. The largest absolute Gasteiger partial charge is 0.347 e. The van der Waals surface area contributed by atoms with Gasteiger partial charge >= 0.3 is 0 Å². The molecule has 2 rings (SSSR count). The summed E-state index contributed by atoms with van der Waals surface area (Å²) < 4.78 is 1.76. The zero-order chi connectivity index (χ0) is 14.0. The van der Waals surface area contributed by atoms with Crippen molar-refractivity contribution in [2.75, 3.05) is 14.1 Å². The average Bonchev–Trinajstić information content (AvgIpc) is 2.75. The molecular formula is C13H13ClN4O. The maximum atomic E-state index is 11.8. The van der Waals surface area contributed by atoms with Crippen LogP contribution in [0.4, 0.5) is 0 Å². The molecule has 0 fully saturated rings. The molecule has 0 saturated carbocycles. The molecule has 0 radical (unpaired) electrons. The van der Waals surface area contributed by atoms with Crippen LogP contribution in [0.25, 0.3) is 11.0 Å². The lowest BCUT2D eigenvalue weighted by atomic mass is 10.2. The van der Waals surface area contributed by atoms with E-state index in [9.17, 15) is 4.79 Å². The second-order valence-corrected chi connectivity index (χ2v) is 4.62. The van der Waals surface area contributed by atoms with E-state index >= 15 is 0 Å². The van der Waals surface area contributed by atoms with Gasteiger partial charge in [0.05, 0.1) is 28.5 Å². The molecule has 98 valence electrons. The lowest BCUT2D eigenvalue weighted by Gasteiger charge is -2.12. The van der Waals surface area contributed by atoms with Crippen molar-refractivity contribution in [1.82, 2.24) is 14.5 Å². The van der Waals surface area contributed by atoms with E-state index in [2.05, 4.69) is 11.1 Å². The number of nitrogens with zero attached hydrogens (tertiary/aromatic N) is 4. The van der Waals surface area contributed by atoms with Crippen LogP contribution in [-0.4, -0.2) is 34.5 Å². The van der Waals surface area contributed by atoms with Gasteiger partial charge in [-0.2, -0.15) is 5.26 Å². The zero-order valence-electron chi connectivity index (χ0n) is 10.7. The number of carbonyl (C=O) groups excluding carboxylic acids is 1. The number of hydrogen-bond donors (Lipinski definition) is 0. The molecule has 1 amide bonds. The van der Waals surface area contributed by atoms with Gasteiger partial charge in [0.2, 0.25) is 5.91 Å². The van der Waals surface area contributed by atoms with E-state index in [0.717, 1.165) is 11.0 Å². The molecule has 0 N–H and O–H groups in total. The minimum absolute atomic E-state index is 0.0481. The molecule has 0 spiro atoms. The number of carbonyl (C=O) groups is 1. The van der Waals surface area contributed by atoms with Crippen molar-refractivity contribution in [1.29, 1.82) is 5.26 Å². The van der Waals surface area contributed by atoms with Crippen LogP contribution in [0.1, 0.15) is 11.4 Å². The van der Waals surface area contributed by atoms with Crippen molar-refractivity contribution in [3.63, 3.8) is 0 Å². The van der Waals surface area contributed by atoms with Crippen LogP contribution in [0.5, 0.6) is 0 Å². The molecule has 0 aliphatic carbocycles. The molecule has 0 unspecified atom stereocenters. The quantitative estimate of drug-likeness (QED) is 0.802. The van der Waals surface area contributed by atoms with Crippen LogP contribution in [0.15, 0.2) is 18.2 Å². The molecule has 1 aromatic heterocycles. The van der Waals surface area contributed by atoms with Crippen molar-refractivity contribution in [2.24, 2.45) is 0 Å². The van der Waals surface area contributed by atoms with Crippen molar-refractivity contribution >= 4 is 28.5 Å². The maximum Gasteiger partial charge on any atom is 0.242 e. The number of aromatic nitrogens is 2. The number of alkyl halides is 1. The Morgan fingerprint density at radius 2 is 2.26 bits per heavy atom. The first-order valence-corrected chi connectivity index (χ1v) is 6.25. The monoisotopic (exact) mass is 276 g/mol. The number of imidazole rings is 1. The topological polar surface area (TPSA) is 61.9 Å². The van der Waals surface area contributed by atoms with E-state index in [1.807, 2.05) is 0 Å². The van der Waals surface area contributed by atoms with Gasteiger partial charge in [0.15, 0.2) is 0 Å². The van der Waals surface area contributed by atoms with Crippen LogP contribution >= 0.6 is 11.6 Å². The van der Waals surface area contributed by atoms with Crippen LogP contribution in [0.2, 0.25) is 0 Å². The van der Waals surface area contributed by atoms with Crippen LogP contribution < -0.4 is 0 Å². The van der Waals surface area contributed by atoms with Crippen LogP contribution in [-0.2, 0) is 17.2 Å². The van der Waals surface area contributed by atoms with Crippen molar-refractivity contribution < 1.29 is 4.79 Å². The summed E-state index contributed by atoms with van der Waals surface area (Å²) in [4.78, 5) is 17.7. The summed E-state index contributed by atoms with van der Waals surface area (Å²) in [6, 6.07) is 7.27. The number of likely N-dealkylation sites (N-methyl/N-ethyl adjacent to an activating group) is 1. The highest BCUT2D eigenvalue weighted by Crippen LogP contribution is 2.19. The molecule has 0 aliphatic heterocycles. The van der Waals surface area contributed by atoms with Gasteiger partial charge in [-0.15, -0.1) is 11.6 Å². The smallest absolute Gasteiger partial charge is 0.242 e. The third-order valence-electron chi connectivity index (χ3n) is 2.87. The molecule has 0 saturated heterocycles. The Balaban J connectivity index is 2.56. The van der Waals surface area contributed by atoms with Crippen LogP contribution in [0.3, 0.4) is 0 Å². The van der Waals surface area contributed by atoms with Gasteiger partial charge in [-0.25, -0.2) is 4.98 Å². The number of hydrogen-bond acceptors (Lipinski definition) is 3. The summed E-state index contributed by atoms with van der Waals surface area (Å²) in [5.41, 5.74) is 2.03. The third kappa shape index (κ3) is 2.54. The third-order valence-corrected chi connectivity index (χ3v) is 3.11. The first-order chi connectivity index (χ1) is 9.06. The van der Waals surface area contributed by atoms with Crippen LogP contribution in [0, 0.1) is 11.3 Å². The molecule has 1 heterocycles. The predicted octanol–water partition coefficient (Wildman–Crippen LogP) is 1.73. The van der Waals surface area contributed by atoms with Crippen molar-refractivity contribution in [2.45, 2.75) is 12.4 Å². The van der Waals surface area contributed by atoms with E-state index in [1.165, 1.54) is 4.90 Å². The Kier molecular flexibility index (Phi) is 3.72. The van der Waals surface area contributed by atoms with E-state index in [0.29, 0.717) is 11.4 Å². The Morgan fingerprint density at radius 1 is 1.53 bits per heavy atom. The standard InChI is InChI=1S/C13H13ClN4O/c1-17(2)13(19)8-18-11-5-9(7-15)3-4-10(11)16-12(18)6-14/h3-5H,6,8H2,1-2H3. The summed E-state index contributed by atoms with van der Waals surface area (Å²) in [7, 11) is 3.39. The van der Waals surface area contributed by atoms with Gasteiger partial charge < -0.3 is 9.47 Å². The fraction of sp³-hybridized carbons (Fsp3) is 0.308. The van der Waals surface area contributed by atoms with Gasteiger partial charge in [-0.05, 0) is 18.2 Å². The van der Waals surface area contributed by atoms with Gasteiger partial charge in [0.25, 0.3) is 0 Å².